The largest absolute Gasteiger partial charge is 0.381 e. The van der Waals surface area contributed by atoms with Gasteiger partial charge in [-0.05, 0) is 25.9 Å². The number of hydrogen-bond donors (Lipinski definition) is 2. The lowest BCUT2D eigenvalue weighted by Crippen LogP contribution is -2.35. The molecule has 1 atom stereocenters. The topological polar surface area (TPSA) is 54.2 Å². The Bertz CT molecular complexity index is 425. The summed E-state index contributed by atoms with van der Waals surface area (Å²) >= 11 is 0. The molecule has 1 unspecified atom stereocenters. The van der Waals surface area contributed by atoms with Crippen molar-refractivity contribution < 1.29 is 8.78 Å². The van der Waals surface area contributed by atoms with Crippen molar-refractivity contribution in [2.75, 3.05) is 30.7 Å². The van der Waals surface area contributed by atoms with Crippen LogP contribution < -0.4 is 11.1 Å². The van der Waals surface area contributed by atoms with E-state index in [9.17, 15) is 8.78 Å². The van der Waals surface area contributed by atoms with Gasteiger partial charge < -0.3 is 11.1 Å². The molecule has 0 spiro atoms. The molecule has 1 saturated heterocycles. The second-order valence-corrected chi connectivity index (χ2v) is 4.49. The van der Waals surface area contributed by atoms with Gasteiger partial charge in [0.1, 0.15) is 0 Å². The molecule has 4 nitrogen and oxygen atoms in total. The molecule has 1 aromatic heterocycles. The minimum atomic E-state index is -0.825. The van der Waals surface area contributed by atoms with E-state index in [1.165, 1.54) is 0 Å². The lowest BCUT2D eigenvalue weighted by Gasteiger charge is -2.23. The lowest BCUT2D eigenvalue weighted by atomic mass is 10.2. The lowest BCUT2D eigenvalue weighted by molar-refractivity contribution is 0.276. The highest BCUT2D eigenvalue weighted by molar-refractivity contribution is 5.44. The average Bonchev–Trinajstić information content (AvgIpc) is 2.79. The fourth-order valence-corrected chi connectivity index (χ4v) is 2.36. The van der Waals surface area contributed by atoms with Crippen molar-refractivity contribution in [3.8, 4) is 0 Å². The van der Waals surface area contributed by atoms with Crippen molar-refractivity contribution in [1.29, 1.82) is 0 Å². The molecule has 2 rings (SSSR count). The van der Waals surface area contributed by atoms with E-state index in [-0.39, 0.29) is 11.6 Å². The maximum atomic E-state index is 13.4. The van der Waals surface area contributed by atoms with Gasteiger partial charge in [0.25, 0.3) is 0 Å². The number of rotatable bonds is 4. The fourth-order valence-electron chi connectivity index (χ4n) is 2.36. The number of nitrogens with two attached hydrogens (primary N) is 1. The number of aromatic nitrogens is 1. The maximum absolute atomic E-state index is 13.4. The first-order valence-corrected chi connectivity index (χ1v) is 6.21. The van der Waals surface area contributed by atoms with E-state index in [1.807, 2.05) is 0 Å². The number of likely N-dealkylation sites (tertiary alicyclic amines) is 1. The highest BCUT2D eigenvalue weighted by Gasteiger charge is 2.23. The standard InChI is InChI=1S/C12H18F2N4/c1-2-18-5-3-4-8(18)7-16-12-10(14)6-9(13)11(15)17-12/h6,8H,2-5,7H2,1H3,(H3,15,16,17). The van der Waals surface area contributed by atoms with E-state index >= 15 is 0 Å². The number of nitrogens with one attached hydrogen (secondary N) is 1. The van der Waals surface area contributed by atoms with Crippen LogP contribution in [0.15, 0.2) is 6.07 Å². The molecule has 1 aromatic rings. The van der Waals surface area contributed by atoms with Crippen LogP contribution in [0.25, 0.3) is 0 Å². The van der Waals surface area contributed by atoms with Gasteiger partial charge in [-0.25, -0.2) is 13.8 Å². The molecule has 0 saturated carbocycles. The highest BCUT2D eigenvalue weighted by atomic mass is 19.1. The van der Waals surface area contributed by atoms with Crippen LogP contribution >= 0.6 is 0 Å². The van der Waals surface area contributed by atoms with Crippen LogP contribution in [0.2, 0.25) is 0 Å². The molecule has 0 aliphatic carbocycles. The van der Waals surface area contributed by atoms with E-state index in [2.05, 4.69) is 22.1 Å². The Labute approximate surface area is 105 Å². The smallest absolute Gasteiger partial charge is 0.168 e. The second kappa shape index (κ2) is 5.48. The molecule has 100 valence electrons. The van der Waals surface area contributed by atoms with Crippen molar-refractivity contribution in [1.82, 2.24) is 9.88 Å². The minimum Gasteiger partial charge on any atom is -0.381 e. The highest BCUT2D eigenvalue weighted by Crippen LogP contribution is 2.20. The van der Waals surface area contributed by atoms with Gasteiger partial charge in [-0.2, -0.15) is 0 Å². The molecule has 1 fully saturated rings. The maximum Gasteiger partial charge on any atom is 0.168 e. The van der Waals surface area contributed by atoms with Crippen LogP contribution in [0.3, 0.4) is 0 Å². The first-order chi connectivity index (χ1) is 8.61. The fraction of sp³-hybridized carbons (Fsp3) is 0.583. The Morgan fingerprint density at radius 3 is 3.00 bits per heavy atom. The molecule has 2 heterocycles. The zero-order valence-electron chi connectivity index (χ0n) is 10.4. The van der Waals surface area contributed by atoms with Crippen LogP contribution in [0.1, 0.15) is 19.8 Å². The van der Waals surface area contributed by atoms with E-state index < -0.39 is 11.6 Å². The Morgan fingerprint density at radius 2 is 2.28 bits per heavy atom. The Hall–Kier alpha value is -1.43. The van der Waals surface area contributed by atoms with Crippen LogP contribution in [0.4, 0.5) is 20.4 Å². The first kappa shape index (κ1) is 13.0. The van der Waals surface area contributed by atoms with Gasteiger partial charge in [-0.15, -0.1) is 0 Å². The molecule has 1 aliphatic heterocycles. The molecule has 0 radical (unpaired) electrons. The first-order valence-electron chi connectivity index (χ1n) is 6.21. The average molecular weight is 256 g/mol. The Morgan fingerprint density at radius 1 is 1.50 bits per heavy atom. The van der Waals surface area contributed by atoms with Crippen molar-refractivity contribution >= 4 is 11.6 Å². The van der Waals surface area contributed by atoms with E-state index in [4.69, 9.17) is 5.73 Å². The minimum absolute atomic E-state index is 0.0249. The molecule has 3 N–H and O–H groups in total. The number of halogens is 2. The molecule has 0 aromatic carbocycles. The normalized spacial score (nSPS) is 20.3. The zero-order chi connectivity index (χ0) is 13.1. The summed E-state index contributed by atoms with van der Waals surface area (Å²) in [6, 6.07) is 1.14. The summed E-state index contributed by atoms with van der Waals surface area (Å²) in [6.07, 6.45) is 2.24. The van der Waals surface area contributed by atoms with Crippen LogP contribution in [0.5, 0.6) is 0 Å². The Balaban J connectivity index is 2.00. The van der Waals surface area contributed by atoms with Gasteiger partial charge in [0.05, 0.1) is 0 Å². The molecular formula is C12H18F2N4. The van der Waals surface area contributed by atoms with Gasteiger partial charge in [0.15, 0.2) is 23.3 Å². The summed E-state index contributed by atoms with van der Waals surface area (Å²) < 4.78 is 26.4. The zero-order valence-corrected chi connectivity index (χ0v) is 10.4. The van der Waals surface area contributed by atoms with Gasteiger partial charge >= 0.3 is 0 Å². The monoisotopic (exact) mass is 256 g/mol. The summed E-state index contributed by atoms with van der Waals surface area (Å²) in [4.78, 5) is 6.01. The molecule has 0 amide bonds. The number of hydrogen-bond acceptors (Lipinski definition) is 4. The summed E-state index contributed by atoms with van der Waals surface area (Å²) in [6.45, 7) is 4.76. The van der Waals surface area contributed by atoms with Gasteiger partial charge in [-0.3, -0.25) is 4.90 Å². The van der Waals surface area contributed by atoms with Crippen molar-refractivity contribution in [3.05, 3.63) is 17.7 Å². The Kier molecular flexibility index (Phi) is 3.96. The number of nitrogen functional groups attached to an aromatic ring is 1. The summed E-state index contributed by atoms with van der Waals surface area (Å²) in [5.41, 5.74) is 5.32. The predicted octanol–water partition coefficient (Wildman–Crippen LogP) is 1.84. The number of pyridine rings is 1. The molecule has 1 aliphatic rings. The van der Waals surface area contributed by atoms with Gasteiger partial charge in [-0.1, -0.05) is 6.92 Å². The third-order valence-electron chi connectivity index (χ3n) is 3.37. The molecular weight excluding hydrogens is 238 g/mol. The summed E-state index contributed by atoms with van der Waals surface area (Å²) in [7, 11) is 0. The number of nitrogens with zero attached hydrogens (tertiary/aromatic N) is 2. The van der Waals surface area contributed by atoms with Crippen LogP contribution in [-0.2, 0) is 0 Å². The van der Waals surface area contributed by atoms with Crippen LogP contribution in [-0.4, -0.2) is 35.6 Å². The SMILES string of the molecule is CCN1CCCC1CNc1nc(N)c(F)cc1F. The summed E-state index contributed by atoms with van der Waals surface area (Å²) in [5, 5.41) is 2.91. The van der Waals surface area contributed by atoms with Gasteiger partial charge in [0, 0.05) is 18.7 Å². The van der Waals surface area contributed by atoms with Crippen molar-refractivity contribution in [3.63, 3.8) is 0 Å². The van der Waals surface area contributed by atoms with E-state index in [0.29, 0.717) is 12.6 Å². The van der Waals surface area contributed by atoms with Crippen molar-refractivity contribution in [2.24, 2.45) is 0 Å². The quantitative estimate of drug-likeness (QED) is 0.863. The third kappa shape index (κ3) is 2.69. The third-order valence-corrected chi connectivity index (χ3v) is 3.37. The van der Waals surface area contributed by atoms with Crippen LogP contribution in [0, 0.1) is 11.6 Å². The number of anilines is 2. The second-order valence-electron chi connectivity index (χ2n) is 4.49. The molecule has 18 heavy (non-hydrogen) atoms. The molecule has 0 bridgehead atoms. The van der Waals surface area contributed by atoms with E-state index in [1.54, 1.807) is 0 Å². The summed E-state index contributed by atoms with van der Waals surface area (Å²) in [5.74, 6) is -1.79. The van der Waals surface area contributed by atoms with E-state index in [0.717, 1.165) is 32.0 Å². The predicted molar refractivity (Wildman–Crippen MR) is 67.3 cm³/mol. The van der Waals surface area contributed by atoms with Gasteiger partial charge in [0.2, 0.25) is 0 Å². The van der Waals surface area contributed by atoms with Crippen molar-refractivity contribution in [2.45, 2.75) is 25.8 Å². The number of likely N-dealkylation sites (N-methyl/N-ethyl adjacent to an activating group) is 1. The molecule has 6 heteroatoms.